The van der Waals surface area contributed by atoms with E-state index in [-0.39, 0.29) is 6.03 Å². The lowest BCUT2D eigenvalue weighted by Gasteiger charge is -2.33. The highest BCUT2D eigenvalue weighted by Crippen LogP contribution is 2.22. The van der Waals surface area contributed by atoms with Crippen LogP contribution in [0.4, 0.5) is 10.5 Å². The van der Waals surface area contributed by atoms with Gasteiger partial charge in [-0.2, -0.15) is 0 Å². The van der Waals surface area contributed by atoms with Crippen LogP contribution in [0, 0.1) is 5.92 Å². The highest BCUT2D eigenvalue weighted by atomic mass is 16.5. The summed E-state index contributed by atoms with van der Waals surface area (Å²) in [6.07, 6.45) is 0.924. The molecular formula is C13H19N3O2. The lowest BCUT2D eigenvalue weighted by Crippen LogP contribution is -2.51. The number of nitrogens with zero attached hydrogens (tertiary/aromatic N) is 1. The topological polar surface area (TPSA) is 67.6 Å². The third-order valence-corrected chi connectivity index (χ3v) is 3.19. The molecule has 3 N–H and O–H groups in total. The molecule has 1 unspecified atom stereocenters. The van der Waals surface area contributed by atoms with Crippen LogP contribution in [-0.4, -0.2) is 32.8 Å². The zero-order chi connectivity index (χ0) is 13.0. The van der Waals surface area contributed by atoms with Gasteiger partial charge < -0.3 is 15.8 Å². The van der Waals surface area contributed by atoms with Gasteiger partial charge >= 0.3 is 6.03 Å². The summed E-state index contributed by atoms with van der Waals surface area (Å²) in [4.78, 5) is 13.6. The molecule has 1 aromatic rings. The maximum absolute atomic E-state index is 11.9. The number of ether oxygens (including phenoxy) is 1. The number of nitrogens with one attached hydrogen (secondary N) is 1. The highest BCUT2D eigenvalue weighted by Gasteiger charge is 2.25. The standard InChI is InChI=1S/C13H19N3O2/c1-18-12-4-2-11(3-5-12)16-9-10(6-7-14)8-15-13(16)17/h2-5,10H,6-9,14H2,1H3,(H,15,17). The van der Waals surface area contributed by atoms with Crippen LogP contribution in [0.5, 0.6) is 5.75 Å². The molecule has 98 valence electrons. The van der Waals surface area contributed by atoms with Gasteiger partial charge in [0.15, 0.2) is 0 Å². The quantitative estimate of drug-likeness (QED) is 0.842. The Morgan fingerprint density at radius 1 is 1.44 bits per heavy atom. The smallest absolute Gasteiger partial charge is 0.321 e. The Kier molecular flexibility index (Phi) is 4.04. The first kappa shape index (κ1) is 12.7. The second-order valence-corrected chi connectivity index (χ2v) is 4.44. The van der Waals surface area contributed by atoms with Crippen LogP contribution >= 0.6 is 0 Å². The zero-order valence-corrected chi connectivity index (χ0v) is 10.6. The van der Waals surface area contributed by atoms with E-state index >= 15 is 0 Å². The van der Waals surface area contributed by atoms with Crippen molar-refractivity contribution < 1.29 is 9.53 Å². The van der Waals surface area contributed by atoms with Gasteiger partial charge in [0.2, 0.25) is 0 Å². The number of rotatable bonds is 4. The number of carbonyl (C=O) groups is 1. The molecule has 5 nitrogen and oxygen atoms in total. The Morgan fingerprint density at radius 3 is 2.78 bits per heavy atom. The molecule has 1 fully saturated rings. The molecule has 1 atom stereocenters. The molecule has 0 saturated carbocycles. The first-order valence-corrected chi connectivity index (χ1v) is 6.14. The molecule has 0 spiro atoms. The van der Waals surface area contributed by atoms with E-state index in [0.717, 1.165) is 24.4 Å². The molecule has 5 heteroatoms. The van der Waals surface area contributed by atoms with Crippen LogP contribution < -0.4 is 20.7 Å². The van der Waals surface area contributed by atoms with Crippen molar-refractivity contribution in [2.45, 2.75) is 6.42 Å². The van der Waals surface area contributed by atoms with Crippen LogP contribution in [0.25, 0.3) is 0 Å². The lowest BCUT2D eigenvalue weighted by molar-refractivity contribution is 0.236. The average molecular weight is 249 g/mol. The number of anilines is 1. The summed E-state index contributed by atoms with van der Waals surface area (Å²) in [7, 11) is 1.62. The van der Waals surface area contributed by atoms with E-state index in [1.807, 2.05) is 24.3 Å². The minimum absolute atomic E-state index is 0.0477. The Hall–Kier alpha value is -1.75. The van der Waals surface area contributed by atoms with Gasteiger partial charge in [0.05, 0.1) is 7.11 Å². The number of nitrogens with two attached hydrogens (primary N) is 1. The van der Waals surface area contributed by atoms with Crippen molar-refractivity contribution in [3.63, 3.8) is 0 Å². The van der Waals surface area contributed by atoms with E-state index in [0.29, 0.717) is 19.0 Å². The minimum atomic E-state index is -0.0477. The molecule has 1 aromatic carbocycles. The molecule has 1 aliphatic rings. The van der Waals surface area contributed by atoms with Crippen LogP contribution in [0.3, 0.4) is 0 Å². The second-order valence-electron chi connectivity index (χ2n) is 4.44. The summed E-state index contributed by atoms with van der Waals surface area (Å²) < 4.78 is 5.11. The second kappa shape index (κ2) is 5.73. The van der Waals surface area contributed by atoms with E-state index in [2.05, 4.69) is 5.32 Å². The third kappa shape index (κ3) is 2.73. The van der Waals surface area contributed by atoms with Crippen molar-refractivity contribution in [1.29, 1.82) is 0 Å². The predicted molar refractivity (Wildman–Crippen MR) is 70.9 cm³/mol. The zero-order valence-electron chi connectivity index (χ0n) is 10.6. The lowest BCUT2D eigenvalue weighted by atomic mass is 10.0. The molecule has 1 aliphatic heterocycles. The van der Waals surface area contributed by atoms with E-state index in [1.165, 1.54) is 0 Å². The molecule has 0 aromatic heterocycles. The Morgan fingerprint density at radius 2 is 2.17 bits per heavy atom. The molecule has 2 amide bonds. The molecule has 1 heterocycles. The fourth-order valence-electron chi connectivity index (χ4n) is 2.15. The summed E-state index contributed by atoms with van der Waals surface area (Å²) in [5.74, 6) is 1.20. The number of hydrogen-bond acceptors (Lipinski definition) is 3. The predicted octanol–water partition coefficient (Wildman–Crippen LogP) is 1.19. The molecule has 2 rings (SSSR count). The highest BCUT2D eigenvalue weighted by molar-refractivity contribution is 5.92. The molecular weight excluding hydrogens is 230 g/mol. The van der Waals surface area contributed by atoms with Gasteiger partial charge in [0.25, 0.3) is 0 Å². The number of amides is 2. The van der Waals surface area contributed by atoms with Gasteiger partial charge in [-0.3, -0.25) is 4.90 Å². The van der Waals surface area contributed by atoms with Crippen molar-refractivity contribution in [3.05, 3.63) is 24.3 Å². The van der Waals surface area contributed by atoms with E-state index in [4.69, 9.17) is 10.5 Å². The number of carbonyl (C=O) groups excluding carboxylic acids is 1. The van der Waals surface area contributed by atoms with Gasteiger partial charge in [0.1, 0.15) is 5.75 Å². The van der Waals surface area contributed by atoms with Crippen molar-refractivity contribution in [2.24, 2.45) is 11.7 Å². The van der Waals surface area contributed by atoms with Gasteiger partial charge in [-0.1, -0.05) is 0 Å². The number of methoxy groups -OCH3 is 1. The van der Waals surface area contributed by atoms with E-state index < -0.39 is 0 Å². The maximum Gasteiger partial charge on any atom is 0.321 e. The first-order valence-electron chi connectivity index (χ1n) is 6.14. The Balaban J connectivity index is 2.11. The van der Waals surface area contributed by atoms with Crippen molar-refractivity contribution in [1.82, 2.24) is 5.32 Å². The molecule has 18 heavy (non-hydrogen) atoms. The van der Waals surface area contributed by atoms with Gasteiger partial charge in [-0.25, -0.2) is 4.79 Å². The third-order valence-electron chi connectivity index (χ3n) is 3.19. The summed E-state index contributed by atoms with van der Waals surface area (Å²) in [5.41, 5.74) is 6.45. The minimum Gasteiger partial charge on any atom is -0.497 e. The normalized spacial score (nSPS) is 19.6. The van der Waals surface area contributed by atoms with Crippen LogP contribution in [0.1, 0.15) is 6.42 Å². The molecule has 0 radical (unpaired) electrons. The number of urea groups is 1. The van der Waals surface area contributed by atoms with Crippen molar-refractivity contribution in [2.75, 3.05) is 31.6 Å². The average Bonchev–Trinajstić information content (AvgIpc) is 2.41. The molecule has 0 aliphatic carbocycles. The van der Waals surface area contributed by atoms with Gasteiger partial charge in [-0.15, -0.1) is 0 Å². The van der Waals surface area contributed by atoms with Gasteiger partial charge in [0, 0.05) is 18.8 Å². The Bertz CT molecular complexity index is 405. The van der Waals surface area contributed by atoms with Crippen molar-refractivity contribution >= 4 is 11.7 Å². The van der Waals surface area contributed by atoms with Crippen LogP contribution in [-0.2, 0) is 0 Å². The number of benzene rings is 1. The first-order chi connectivity index (χ1) is 8.74. The summed E-state index contributed by atoms with van der Waals surface area (Å²) >= 11 is 0. The monoisotopic (exact) mass is 249 g/mol. The molecule has 0 bridgehead atoms. The fraction of sp³-hybridized carbons (Fsp3) is 0.462. The van der Waals surface area contributed by atoms with E-state index in [1.54, 1.807) is 12.0 Å². The summed E-state index contributed by atoms with van der Waals surface area (Å²) in [6, 6.07) is 7.45. The maximum atomic E-state index is 11.9. The summed E-state index contributed by atoms with van der Waals surface area (Å²) in [6.45, 7) is 2.08. The summed E-state index contributed by atoms with van der Waals surface area (Å²) in [5, 5.41) is 2.89. The van der Waals surface area contributed by atoms with Crippen LogP contribution in [0.2, 0.25) is 0 Å². The Labute approximate surface area is 107 Å². The largest absolute Gasteiger partial charge is 0.497 e. The molecule has 1 saturated heterocycles. The van der Waals surface area contributed by atoms with Crippen LogP contribution in [0.15, 0.2) is 24.3 Å². The van der Waals surface area contributed by atoms with Crippen molar-refractivity contribution in [3.8, 4) is 5.75 Å². The van der Waals surface area contributed by atoms with Gasteiger partial charge in [-0.05, 0) is 43.1 Å². The SMILES string of the molecule is COc1ccc(N2CC(CCN)CNC2=O)cc1. The van der Waals surface area contributed by atoms with E-state index in [9.17, 15) is 4.79 Å². The number of hydrogen-bond donors (Lipinski definition) is 2. The fourth-order valence-corrected chi connectivity index (χ4v) is 2.15.